The highest BCUT2D eigenvalue weighted by Gasteiger charge is 2.15. The molecular weight excluding hydrogens is 336 g/mol. The lowest BCUT2D eigenvalue weighted by Crippen LogP contribution is -2.34. The molecule has 1 aliphatic rings. The number of allylic oxidation sites excluding steroid dienone is 2. The van der Waals surface area contributed by atoms with Gasteiger partial charge in [-0.15, -0.1) is 0 Å². The normalized spacial score (nSPS) is 13.5. The molecule has 7 heteroatoms. The van der Waals surface area contributed by atoms with Gasteiger partial charge in [0.15, 0.2) is 0 Å². The summed E-state index contributed by atoms with van der Waals surface area (Å²) in [5.41, 5.74) is 8.02. The van der Waals surface area contributed by atoms with Crippen molar-refractivity contribution < 1.29 is 0 Å². The van der Waals surface area contributed by atoms with Gasteiger partial charge in [0, 0.05) is 18.1 Å². The van der Waals surface area contributed by atoms with E-state index >= 15 is 0 Å². The minimum absolute atomic E-state index is 0.464. The number of aryl methyl sites for hydroxylation is 1. The first kappa shape index (κ1) is 15.4. The second-order valence-electron chi connectivity index (χ2n) is 5.53. The summed E-state index contributed by atoms with van der Waals surface area (Å²) in [5.74, 6) is 0. The van der Waals surface area contributed by atoms with Gasteiger partial charge in [-0.2, -0.15) is 5.10 Å². The van der Waals surface area contributed by atoms with Gasteiger partial charge in [-0.25, -0.2) is 9.67 Å². The Morgan fingerprint density at radius 1 is 1.04 bits per heavy atom. The fraction of sp³-hybridized carbons (Fsp3) is 0.0556. The van der Waals surface area contributed by atoms with Crippen LogP contribution in [-0.2, 0) is 0 Å². The highest BCUT2D eigenvalue weighted by Crippen LogP contribution is 2.22. The molecular formula is C18H15ClN6. The average Bonchev–Trinajstić information content (AvgIpc) is 3.12. The van der Waals surface area contributed by atoms with Crippen LogP contribution >= 0.6 is 11.6 Å². The molecule has 1 N–H and O–H groups in total. The van der Waals surface area contributed by atoms with Gasteiger partial charge < -0.3 is 0 Å². The van der Waals surface area contributed by atoms with Gasteiger partial charge in [-0.3, -0.25) is 15.4 Å². The summed E-state index contributed by atoms with van der Waals surface area (Å²) < 4.78 is 1.88. The number of hydrazine groups is 1. The molecule has 0 aromatic carbocycles. The highest BCUT2D eigenvalue weighted by molar-refractivity contribution is 6.29. The second kappa shape index (κ2) is 6.41. The Morgan fingerprint density at radius 3 is 2.76 bits per heavy atom. The number of halogens is 1. The summed E-state index contributed by atoms with van der Waals surface area (Å²) in [5, 5.41) is 6.79. The molecule has 0 amide bonds. The van der Waals surface area contributed by atoms with Crippen LogP contribution in [0.1, 0.15) is 11.4 Å². The van der Waals surface area contributed by atoms with Crippen molar-refractivity contribution in [3.63, 3.8) is 0 Å². The van der Waals surface area contributed by atoms with Crippen molar-refractivity contribution in [2.45, 2.75) is 6.92 Å². The number of nitrogens with one attached hydrogen (secondary N) is 1. The molecule has 25 heavy (non-hydrogen) atoms. The van der Waals surface area contributed by atoms with Crippen LogP contribution in [-0.4, -0.2) is 19.7 Å². The monoisotopic (exact) mass is 350 g/mol. The molecule has 0 spiro atoms. The van der Waals surface area contributed by atoms with Gasteiger partial charge in [-0.1, -0.05) is 11.6 Å². The Balaban J connectivity index is 1.65. The van der Waals surface area contributed by atoms with Crippen LogP contribution in [0.25, 0.3) is 11.4 Å². The third-order valence-electron chi connectivity index (χ3n) is 3.77. The predicted octanol–water partition coefficient (Wildman–Crippen LogP) is 3.50. The first-order valence-electron chi connectivity index (χ1n) is 7.74. The van der Waals surface area contributed by atoms with E-state index in [9.17, 15) is 0 Å². The molecule has 0 unspecified atom stereocenters. The smallest absolute Gasteiger partial charge is 0.129 e. The van der Waals surface area contributed by atoms with Crippen LogP contribution in [0.15, 0.2) is 67.3 Å². The van der Waals surface area contributed by atoms with Gasteiger partial charge in [-0.05, 0) is 49.4 Å². The molecule has 0 saturated carbocycles. The maximum Gasteiger partial charge on any atom is 0.129 e. The first-order chi connectivity index (χ1) is 12.2. The van der Waals surface area contributed by atoms with E-state index in [0.717, 1.165) is 28.5 Å². The summed E-state index contributed by atoms with van der Waals surface area (Å²) in [6.45, 7) is 1.96. The summed E-state index contributed by atoms with van der Waals surface area (Å²) in [4.78, 5) is 8.37. The molecule has 0 bridgehead atoms. The van der Waals surface area contributed by atoms with E-state index in [-0.39, 0.29) is 0 Å². The van der Waals surface area contributed by atoms with Gasteiger partial charge >= 0.3 is 0 Å². The van der Waals surface area contributed by atoms with Crippen molar-refractivity contribution in [2.24, 2.45) is 0 Å². The number of nitrogens with zero attached hydrogens (tertiary/aromatic N) is 5. The maximum atomic E-state index is 5.87. The fourth-order valence-corrected chi connectivity index (χ4v) is 2.72. The number of hydrogen-bond donors (Lipinski definition) is 1. The van der Waals surface area contributed by atoms with E-state index in [1.807, 2.05) is 59.2 Å². The number of rotatable bonds is 3. The fourth-order valence-electron chi connectivity index (χ4n) is 2.61. The molecule has 0 atom stereocenters. The molecule has 4 rings (SSSR count). The van der Waals surface area contributed by atoms with Gasteiger partial charge in [0.05, 0.1) is 35.2 Å². The minimum Gasteiger partial charge on any atom is -0.292 e. The quantitative estimate of drug-likeness (QED) is 0.732. The lowest BCUT2D eigenvalue weighted by molar-refractivity contribution is 0.823. The zero-order valence-electron chi connectivity index (χ0n) is 13.5. The minimum atomic E-state index is 0.464. The van der Waals surface area contributed by atoms with Crippen molar-refractivity contribution in [2.75, 3.05) is 5.01 Å². The predicted molar refractivity (Wildman–Crippen MR) is 98.1 cm³/mol. The zero-order chi connectivity index (χ0) is 17.2. The summed E-state index contributed by atoms with van der Waals surface area (Å²) in [6, 6.07) is 9.56. The molecule has 0 fully saturated rings. The molecule has 0 aliphatic carbocycles. The molecule has 4 heterocycles. The number of hydrogen-bond acceptors (Lipinski definition) is 5. The lowest BCUT2D eigenvalue weighted by atomic mass is 10.2. The number of anilines is 1. The van der Waals surface area contributed by atoms with Crippen LogP contribution in [0.4, 0.5) is 5.69 Å². The zero-order valence-corrected chi connectivity index (χ0v) is 14.2. The van der Waals surface area contributed by atoms with E-state index < -0.39 is 0 Å². The topological polar surface area (TPSA) is 58.9 Å². The second-order valence-corrected chi connectivity index (χ2v) is 5.91. The van der Waals surface area contributed by atoms with Crippen LogP contribution in [0.3, 0.4) is 0 Å². The molecule has 3 aromatic heterocycles. The summed E-state index contributed by atoms with van der Waals surface area (Å²) >= 11 is 5.87. The van der Waals surface area contributed by atoms with E-state index in [1.54, 1.807) is 24.7 Å². The Morgan fingerprint density at radius 2 is 1.96 bits per heavy atom. The third kappa shape index (κ3) is 3.12. The van der Waals surface area contributed by atoms with E-state index in [1.165, 1.54) is 0 Å². The van der Waals surface area contributed by atoms with Crippen molar-refractivity contribution >= 4 is 23.0 Å². The Bertz CT molecular complexity index is 958. The van der Waals surface area contributed by atoms with Crippen molar-refractivity contribution in [1.82, 2.24) is 25.2 Å². The van der Waals surface area contributed by atoms with Gasteiger partial charge in [0.25, 0.3) is 0 Å². The van der Waals surface area contributed by atoms with Gasteiger partial charge in [0.1, 0.15) is 5.15 Å². The van der Waals surface area contributed by atoms with Crippen LogP contribution in [0, 0.1) is 6.92 Å². The molecule has 6 nitrogen and oxygen atoms in total. The lowest BCUT2D eigenvalue weighted by Gasteiger charge is -2.26. The SMILES string of the molecule is Cc1cc(-n2nccc2C2=CC=CN(c3ccc(Cl)nc3)N2)ccn1. The van der Waals surface area contributed by atoms with Crippen LogP contribution in [0.2, 0.25) is 5.15 Å². The average molecular weight is 351 g/mol. The van der Waals surface area contributed by atoms with Gasteiger partial charge in [0.2, 0.25) is 0 Å². The molecule has 0 radical (unpaired) electrons. The highest BCUT2D eigenvalue weighted by atomic mass is 35.5. The Labute approximate surface area is 150 Å². The largest absolute Gasteiger partial charge is 0.292 e. The number of aromatic nitrogens is 4. The molecule has 124 valence electrons. The van der Waals surface area contributed by atoms with Crippen molar-refractivity contribution in [1.29, 1.82) is 0 Å². The molecule has 1 aliphatic heterocycles. The molecule has 3 aromatic rings. The van der Waals surface area contributed by atoms with E-state index in [4.69, 9.17) is 11.6 Å². The van der Waals surface area contributed by atoms with E-state index in [0.29, 0.717) is 5.15 Å². The summed E-state index contributed by atoms with van der Waals surface area (Å²) in [6.07, 6.45) is 11.2. The Hall–Kier alpha value is -3.12. The van der Waals surface area contributed by atoms with Crippen molar-refractivity contribution in [3.05, 3.63) is 83.8 Å². The maximum absolute atomic E-state index is 5.87. The first-order valence-corrected chi connectivity index (χ1v) is 8.12. The van der Waals surface area contributed by atoms with Crippen LogP contribution in [0.5, 0.6) is 0 Å². The third-order valence-corrected chi connectivity index (χ3v) is 4.00. The van der Waals surface area contributed by atoms with Crippen LogP contribution < -0.4 is 10.4 Å². The molecule has 0 saturated heterocycles. The Kier molecular flexibility index (Phi) is 3.95. The standard InChI is InChI=1S/C18H15ClN6/c1-13-11-14(6-8-20-13)25-17(7-9-22-25)16-3-2-10-24(23-16)15-4-5-18(19)21-12-15/h2-12,23H,1H3. The van der Waals surface area contributed by atoms with E-state index in [2.05, 4.69) is 20.5 Å². The summed E-state index contributed by atoms with van der Waals surface area (Å²) in [7, 11) is 0. The van der Waals surface area contributed by atoms with Crippen molar-refractivity contribution in [3.8, 4) is 5.69 Å². The number of pyridine rings is 2.